The largest absolute Gasteiger partial charge is 0.458 e. The lowest BCUT2D eigenvalue weighted by Gasteiger charge is -2.34. The van der Waals surface area contributed by atoms with Crippen molar-refractivity contribution >= 4 is 29.2 Å². The van der Waals surface area contributed by atoms with Crippen molar-refractivity contribution < 1.29 is 29.3 Å². The molecule has 0 aromatic carbocycles. The number of Topliss-reactive ketones (excluding diaryl/α,β-unsaturated/α-hetero) is 1. The maximum atomic E-state index is 13.2. The molecule has 35 heavy (non-hydrogen) atoms. The van der Waals surface area contributed by atoms with Gasteiger partial charge in [-0.2, -0.15) is 0 Å². The van der Waals surface area contributed by atoms with Crippen LogP contribution in [-0.2, 0) is 19.1 Å². The van der Waals surface area contributed by atoms with Crippen molar-refractivity contribution in [2.75, 3.05) is 0 Å². The number of rotatable bonds is 2. The average molecular weight is 506 g/mol. The van der Waals surface area contributed by atoms with Crippen molar-refractivity contribution in [2.24, 2.45) is 17.3 Å². The number of hydrogen-bond donors (Lipinski definition) is 2. The summed E-state index contributed by atoms with van der Waals surface area (Å²) in [6.07, 6.45) is 3.84. The summed E-state index contributed by atoms with van der Waals surface area (Å²) < 4.78 is 11.9. The van der Waals surface area contributed by atoms with Crippen LogP contribution in [0.15, 0.2) is 23.1 Å². The van der Waals surface area contributed by atoms with Crippen molar-refractivity contribution in [2.45, 2.75) is 97.7 Å². The molecule has 8 heteroatoms. The predicted molar refractivity (Wildman–Crippen MR) is 136 cm³/mol. The van der Waals surface area contributed by atoms with Gasteiger partial charge in [0.1, 0.15) is 11.9 Å². The Kier molecular flexibility index (Phi) is 8.41. The van der Waals surface area contributed by atoms with Crippen LogP contribution in [0.3, 0.4) is 0 Å². The van der Waals surface area contributed by atoms with Crippen LogP contribution in [0, 0.1) is 24.2 Å². The lowest BCUT2D eigenvalue weighted by molar-refractivity contribution is -0.154. The second-order valence-corrected chi connectivity index (χ2v) is 12.0. The van der Waals surface area contributed by atoms with Gasteiger partial charge in [0.05, 0.1) is 46.5 Å². The van der Waals surface area contributed by atoms with Gasteiger partial charge in [0, 0.05) is 23.6 Å². The van der Waals surface area contributed by atoms with Gasteiger partial charge in [0.2, 0.25) is 0 Å². The molecule has 0 amide bonds. The molecule has 1 saturated heterocycles. The third-order valence-electron chi connectivity index (χ3n) is 7.51. The lowest BCUT2D eigenvalue weighted by Crippen LogP contribution is -2.45. The zero-order valence-electron chi connectivity index (χ0n) is 21.8. The SMILES string of the molecule is C/C(=C\c1csc(C)n1)[C@@H]1C[C@H]2O[C@@]2(C)C/C=C/[C@H](C)[C@H](O)[C@@H](C)C(=O)C(C)(C)[C@@H](O)CC(=O)O1. The highest BCUT2D eigenvalue weighted by molar-refractivity contribution is 7.09. The molecular weight excluding hydrogens is 466 g/mol. The van der Waals surface area contributed by atoms with Gasteiger partial charge in [0.25, 0.3) is 0 Å². The Morgan fingerprint density at radius 2 is 1.91 bits per heavy atom. The van der Waals surface area contributed by atoms with Crippen molar-refractivity contribution in [3.63, 3.8) is 0 Å². The van der Waals surface area contributed by atoms with Crippen LogP contribution in [-0.4, -0.2) is 57.0 Å². The van der Waals surface area contributed by atoms with Gasteiger partial charge in [-0.25, -0.2) is 4.98 Å². The van der Waals surface area contributed by atoms with E-state index in [4.69, 9.17) is 9.47 Å². The summed E-state index contributed by atoms with van der Waals surface area (Å²) in [6.45, 7) is 12.6. The highest BCUT2D eigenvalue weighted by atomic mass is 32.1. The van der Waals surface area contributed by atoms with Gasteiger partial charge >= 0.3 is 5.97 Å². The summed E-state index contributed by atoms with van der Waals surface area (Å²) in [4.78, 5) is 30.6. The summed E-state index contributed by atoms with van der Waals surface area (Å²) in [7, 11) is 0. The van der Waals surface area contributed by atoms with E-state index in [1.54, 1.807) is 32.1 Å². The number of fused-ring (bicyclic) bond motifs is 1. The fourth-order valence-corrected chi connectivity index (χ4v) is 5.24. The van der Waals surface area contributed by atoms with Gasteiger partial charge in [-0.3, -0.25) is 9.59 Å². The second kappa shape index (κ2) is 10.6. The molecule has 1 fully saturated rings. The highest BCUT2D eigenvalue weighted by Gasteiger charge is 2.52. The van der Waals surface area contributed by atoms with E-state index < -0.39 is 35.6 Å². The third-order valence-corrected chi connectivity index (χ3v) is 8.30. The number of aromatic nitrogens is 1. The molecule has 1 aromatic heterocycles. The third kappa shape index (κ3) is 6.47. The van der Waals surface area contributed by atoms with E-state index in [-0.39, 0.29) is 29.8 Å². The van der Waals surface area contributed by atoms with E-state index in [1.165, 1.54) is 0 Å². The minimum absolute atomic E-state index is 0.0968. The molecule has 3 heterocycles. The number of carbonyl (C=O) groups excluding carboxylic acids is 2. The first-order chi connectivity index (χ1) is 16.2. The molecule has 2 N–H and O–H groups in total. The minimum Gasteiger partial charge on any atom is -0.458 e. The first kappa shape index (κ1) is 27.7. The van der Waals surface area contributed by atoms with Gasteiger partial charge in [-0.05, 0) is 38.8 Å². The van der Waals surface area contributed by atoms with Crippen LogP contribution >= 0.6 is 11.3 Å². The van der Waals surface area contributed by atoms with Crippen molar-refractivity contribution in [1.29, 1.82) is 0 Å². The molecule has 194 valence electrons. The van der Waals surface area contributed by atoms with Crippen molar-refractivity contribution in [1.82, 2.24) is 4.98 Å². The summed E-state index contributed by atoms with van der Waals surface area (Å²) in [6, 6.07) is 0. The maximum absolute atomic E-state index is 13.2. The normalized spacial score (nSPS) is 37.9. The number of esters is 1. The molecule has 0 spiro atoms. The molecule has 0 aliphatic carbocycles. The summed E-state index contributed by atoms with van der Waals surface area (Å²) in [5.41, 5.74) is 0.0391. The zero-order chi connectivity index (χ0) is 26.1. The number of epoxide rings is 1. The number of hydrogen-bond acceptors (Lipinski definition) is 8. The van der Waals surface area contributed by atoms with Gasteiger partial charge in [-0.15, -0.1) is 11.3 Å². The minimum atomic E-state index is -1.25. The monoisotopic (exact) mass is 505 g/mol. The predicted octanol–water partition coefficient (Wildman–Crippen LogP) is 4.25. The Hall–Kier alpha value is -1.87. The number of aliphatic hydroxyl groups excluding tert-OH is 2. The molecule has 0 saturated carbocycles. The van der Waals surface area contributed by atoms with E-state index in [9.17, 15) is 19.8 Å². The van der Waals surface area contributed by atoms with E-state index >= 15 is 0 Å². The molecular formula is C27H39NO6S. The number of aryl methyl sites for hydroxylation is 1. The van der Waals surface area contributed by atoms with E-state index in [0.29, 0.717) is 12.8 Å². The molecule has 2 aliphatic heterocycles. The Labute approximate surface area is 212 Å². The fraction of sp³-hybridized carbons (Fsp3) is 0.667. The molecule has 1 aromatic rings. The van der Waals surface area contributed by atoms with Gasteiger partial charge < -0.3 is 19.7 Å². The topological polar surface area (TPSA) is 109 Å². The number of aliphatic hydroxyl groups is 2. The number of nitrogens with zero attached hydrogens (tertiary/aromatic N) is 1. The molecule has 7 nitrogen and oxygen atoms in total. The van der Waals surface area contributed by atoms with Crippen LogP contribution in [0.25, 0.3) is 6.08 Å². The second-order valence-electron chi connectivity index (χ2n) is 10.9. The molecule has 0 bridgehead atoms. The Morgan fingerprint density at radius 1 is 1.23 bits per heavy atom. The Balaban J connectivity index is 1.89. The maximum Gasteiger partial charge on any atom is 0.309 e. The Morgan fingerprint density at radius 3 is 2.54 bits per heavy atom. The van der Waals surface area contributed by atoms with E-state index in [1.807, 2.05) is 51.3 Å². The van der Waals surface area contributed by atoms with E-state index in [0.717, 1.165) is 16.3 Å². The first-order valence-electron chi connectivity index (χ1n) is 12.3. The van der Waals surface area contributed by atoms with Crippen LogP contribution in [0.5, 0.6) is 0 Å². The lowest BCUT2D eigenvalue weighted by atomic mass is 9.73. The molecule has 0 unspecified atom stereocenters. The first-order valence-corrected chi connectivity index (χ1v) is 13.2. The van der Waals surface area contributed by atoms with Crippen molar-refractivity contribution in [3.05, 3.63) is 33.8 Å². The number of thiazole rings is 1. The van der Waals surface area contributed by atoms with Crippen LogP contribution < -0.4 is 0 Å². The standard InChI is InChI=1S/C27H39NO6S/c1-15-9-8-10-27(7)22(34-27)12-20(16(2)11-19-14-35-18(4)28-19)33-23(30)13-21(29)26(5,6)25(32)17(3)24(15)31/h8-9,11,14-15,17,20-22,24,29,31H,10,12-13H2,1-7H3/b9-8+,16-11+/t15-,17+,20-,21-,22+,24-,27-/m0/s1. The number of ether oxygens (including phenoxy) is 2. The molecule has 7 atom stereocenters. The number of carbonyl (C=O) groups is 2. The quantitative estimate of drug-likeness (QED) is 0.351. The number of cyclic esters (lactones) is 1. The highest BCUT2D eigenvalue weighted by Crippen LogP contribution is 2.44. The summed E-state index contributed by atoms with van der Waals surface area (Å²) in [5.74, 6) is -1.83. The molecule has 0 radical (unpaired) electrons. The smallest absolute Gasteiger partial charge is 0.309 e. The van der Waals surface area contributed by atoms with Gasteiger partial charge in [0.15, 0.2) is 0 Å². The van der Waals surface area contributed by atoms with Gasteiger partial charge in [-0.1, -0.05) is 39.8 Å². The zero-order valence-corrected chi connectivity index (χ0v) is 22.6. The molecule has 2 aliphatic rings. The summed E-state index contributed by atoms with van der Waals surface area (Å²) in [5, 5.41) is 24.5. The van der Waals surface area contributed by atoms with Crippen molar-refractivity contribution in [3.8, 4) is 0 Å². The average Bonchev–Trinajstić information content (AvgIpc) is 3.22. The van der Waals surface area contributed by atoms with Crippen LogP contribution in [0.1, 0.15) is 71.5 Å². The Bertz CT molecular complexity index is 998. The summed E-state index contributed by atoms with van der Waals surface area (Å²) >= 11 is 1.55. The fourth-order valence-electron chi connectivity index (χ4n) is 4.67. The van der Waals surface area contributed by atoms with Crippen LogP contribution in [0.4, 0.5) is 0 Å². The van der Waals surface area contributed by atoms with E-state index in [2.05, 4.69) is 4.98 Å². The van der Waals surface area contributed by atoms with Crippen LogP contribution in [0.2, 0.25) is 0 Å². The molecule has 3 rings (SSSR count). The number of ketones is 1.